The van der Waals surface area contributed by atoms with Gasteiger partial charge < -0.3 is 14.6 Å². The number of hydrogen-bond donors (Lipinski definition) is 2. The van der Waals surface area contributed by atoms with Crippen molar-refractivity contribution in [3.8, 4) is 22.6 Å². The van der Waals surface area contributed by atoms with Gasteiger partial charge >= 0.3 is 0 Å². The van der Waals surface area contributed by atoms with E-state index in [-0.39, 0.29) is 11.7 Å². The molecule has 1 saturated heterocycles. The second-order valence-corrected chi connectivity index (χ2v) is 8.50. The number of likely N-dealkylation sites (tertiary alicyclic amines) is 1. The van der Waals surface area contributed by atoms with E-state index in [4.69, 9.17) is 4.42 Å². The summed E-state index contributed by atoms with van der Waals surface area (Å²) in [6.07, 6.45) is 4.80. The van der Waals surface area contributed by atoms with Crippen LogP contribution in [0.15, 0.2) is 77.5 Å². The normalized spacial score (nSPS) is 17.6. The molecule has 6 heteroatoms. The molecule has 2 aromatic carbocycles. The predicted octanol–water partition coefficient (Wildman–Crippen LogP) is 4.90. The van der Waals surface area contributed by atoms with E-state index in [0.717, 1.165) is 54.2 Å². The van der Waals surface area contributed by atoms with Gasteiger partial charge in [0.05, 0.1) is 6.26 Å². The fourth-order valence-corrected chi connectivity index (χ4v) is 4.52. The zero-order valence-electron chi connectivity index (χ0n) is 18.1. The van der Waals surface area contributed by atoms with Crippen LogP contribution < -0.4 is 5.32 Å². The summed E-state index contributed by atoms with van der Waals surface area (Å²) in [5.74, 6) is 0.649. The number of rotatable bonds is 7. The standard InChI is InChI=1S/C26H27FN4O/c1-31-13-12-22(17-31)28-15-23(24-16-29-30-26(24)25-3-2-14-32-25)20-6-4-18(5-7-20)19-8-10-21(27)11-9-19/h2-11,14,16,22-23,28H,12-13,15,17H2,1H3,(H,29,30). The molecule has 0 saturated carbocycles. The number of aromatic nitrogens is 2. The van der Waals surface area contributed by atoms with Crippen LogP contribution in [0.2, 0.25) is 0 Å². The van der Waals surface area contributed by atoms with Gasteiger partial charge in [-0.1, -0.05) is 36.4 Å². The monoisotopic (exact) mass is 430 g/mol. The second kappa shape index (κ2) is 9.10. The van der Waals surface area contributed by atoms with Crippen LogP contribution in [0.3, 0.4) is 0 Å². The fourth-order valence-electron chi connectivity index (χ4n) is 4.52. The van der Waals surface area contributed by atoms with Crippen LogP contribution in [0.5, 0.6) is 0 Å². The van der Waals surface area contributed by atoms with E-state index in [1.54, 1.807) is 6.26 Å². The van der Waals surface area contributed by atoms with E-state index in [1.165, 1.54) is 17.7 Å². The number of hydrogen-bond acceptors (Lipinski definition) is 4. The van der Waals surface area contributed by atoms with Crippen molar-refractivity contribution in [3.63, 3.8) is 0 Å². The Morgan fingerprint density at radius 2 is 1.88 bits per heavy atom. The Morgan fingerprint density at radius 3 is 2.53 bits per heavy atom. The van der Waals surface area contributed by atoms with E-state index in [2.05, 4.69) is 51.7 Å². The first-order valence-corrected chi connectivity index (χ1v) is 11.0. The summed E-state index contributed by atoms with van der Waals surface area (Å²) in [5, 5.41) is 11.3. The Bertz CT molecular complexity index is 1140. The topological polar surface area (TPSA) is 57.1 Å². The maximum absolute atomic E-state index is 13.3. The molecule has 1 aliphatic heterocycles. The molecule has 3 heterocycles. The molecule has 2 N–H and O–H groups in total. The van der Waals surface area contributed by atoms with Crippen molar-refractivity contribution in [2.45, 2.75) is 18.4 Å². The van der Waals surface area contributed by atoms with Gasteiger partial charge in [-0.25, -0.2) is 4.39 Å². The van der Waals surface area contributed by atoms with Crippen LogP contribution in [0.1, 0.15) is 23.5 Å². The predicted molar refractivity (Wildman–Crippen MR) is 124 cm³/mol. The lowest BCUT2D eigenvalue weighted by molar-refractivity contribution is 0.397. The first kappa shape index (κ1) is 20.7. The van der Waals surface area contributed by atoms with Gasteiger partial charge in [0, 0.05) is 36.8 Å². The third-order valence-electron chi connectivity index (χ3n) is 6.29. The summed E-state index contributed by atoms with van der Waals surface area (Å²) in [4.78, 5) is 2.36. The third kappa shape index (κ3) is 4.38. The van der Waals surface area contributed by atoms with Gasteiger partial charge in [-0.05, 0) is 61.0 Å². The molecule has 1 fully saturated rings. The van der Waals surface area contributed by atoms with Crippen molar-refractivity contribution in [1.29, 1.82) is 0 Å². The molecule has 4 aromatic rings. The smallest absolute Gasteiger partial charge is 0.154 e. The zero-order valence-corrected chi connectivity index (χ0v) is 18.1. The largest absolute Gasteiger partial charge is 0.463 e. The summed E-state index contributed by atoms with van der Waals surface area (Å²) in [6, 6.07) is 19.4. The van der Waals surface area contributed by atoms with Crippen molar-refractivity contribution >= 4 is 0 Å². The molecule has 5 nitrogen and oxygen atoms in total. The highest BCUT2D eigenvalue weighted by Crippen LogP contribution is 2.33. The Hall–Kier alpha value is -3.22. The van der Waals surface area contributed by atoms with Crippen LogP contribution >= 0.6 is 0 Å². The summed E-state index contributed by atoms with van der Waals surface area (Å²) < 4.78 is 18.9. The average Bonchev–Trinajstić information content (AvgIpc) is 3.57. The first-order chi connectivity index (χ1) is 15.7. The zero-order chi connectivity index (χ0) is 21.9. The Morgan fingerprint density at radius 1 is 1.12 bits per heavy atom. The van der Waals surface area contributed by atoms with E-state index in [1.807, 2.05) is 30.5 Å². The molecule has 32 heavy (non-hydrogen) atoms. The molecule has 1 aliphatic rings. The van der Waals surface area contributed by atoms with Crippen LogP contribution in [0, 0.1) is 5.82 Å². The van der Waals surface area contributed by atoms with Gasteiger partial charge in [0.25, 0.3) is 0 Å². The number of furan rings is 1. The Balaban J connectivity index is 1.44. The lowest BCUT2D eigenvalue weighted by atomic mass is 9.89. The molecular weight excluding hydrogens is 403 g/mol. The molecule has 2 unspecified atom stereocenters. The summed E-state index contributed by atoms with van der Waals surface area (Å²) in [5.41, 5.74) is 5.21. The van der Waals surface area contributed by atoms with Crippen molar-refractivity contribution in [1.82, 2.24) is 20.4 Å². The lowest BCUT2D eigenvalue weighted by Crippen LogP contribution is -2.34. The van der Waals surface area contributed by atoms with Crippen molar-refractivity contribution in [2.75, 3.05) is 26.7 Å². The minimum atomic E-state index is -0.223. The molecule has 164 valence electrons. The number of nitrogens with zero attached hydrogens (tertiary/aromatic N) is 2. The highest BCUT2D eigenvalue weighted by Gasteiger charge is 2.25. The molecule has 0 spiro atoms. The molecule has 2 aromatic heterocycles. The van der Waals surface area contributed by atoms with Crippen LogP contribution in [-0.2, 0) is 0 Å². The van der Waals surface area contributed by atoms with Crippen LogP contribution in [0.4, 0.5) is 4.39 Å². The molecule has 5 rings (SSSR count). The van der Waals surface area contributed by atoms with Crippen molar-refractivity contribution in [3.05, 3.63) is 90.1 Å². The van der Waals surface area contributed by atoms with E-state index in [0.29, 0.717) is 6.04 Å². The number of halogens is 1. The molecule has 0 amide bonds. The molecule has 0 radical (unpaired) electrons. The highest BCUT2D eigenvalue weighted by molar-refractivity contribution is 5.64. The van der Waals surface area contributed by atoms with E-state index < -0.39 is 0 Å². The minimum Gasteiger partial charge on any atom is -0.463 e. The molecular formula is C26H27FN4O. The number of aromatic amines is 1. The number of likely N-dealkylation sites (N-methyl/N-ethyl adjacent to an activating group) is 1. The van der Waals surface area contributed by atoms with Crippen molar-refractivity contribution < 1.29 is 8.81 Å². The summed E-state index contributed by atoms with van der Waals surface area (Å²) in [7, 11) is 2.17. The number of H-pyrrole nitrogens is 1. The summed E-state index contributed by atoms with van der Waals surface area (Å²) in [6.45, 7) is 2.99. The van der Waals surface area contributed by atoms with Gasteiger partial charge in [-0.15, -0.1) is 0 Å². The maximum Gasteiger partial charge on any atom is 0.154 e. The van der Waals surface area contributed by atoms with Gasteiger partial charge in [-0.3, -0.25) is 5.10 Å². The molecule has 0 aliphatic carbocycles. The van der Waals surface area contributed by atoms with Gasteiger partial charge in [0.15, 0.2) is 5.76 Å². The molecule has 0 bridgehead atoms. The number of nitrogens with one attached hydrogen (secondary N) is 2. The maximum atomic E-state index is 13.3. The highest BCUT2D eigenvalue weighted by atomic mass is 19.1. The van der Waals surface area contributed by atoms with Crippen LogP contribution in [0.25, 0.3) is 22.6 Å². The quantitative estimate of drug-likeness (QED) is 0.438. The third-order valence-corrected chi connectivity index (χ3v) is 6.29. The van der Waals surface area contributed by atoms with Gasteiger partial charge in [0.2, 0.25) is 0 Å². The minimum absolute atomic E-state index is 0.113. The second-order valence-electron chi connectivity index (χ2n) is 8.50. The van der Waals surface area contributed by atoms with Crippen LogP contribution in [-0.4, -0.2) is 47.8 Å². The SMILES string of the molecule is CN1CCC(NCC(c2ccc(-c3ccc(F)cc3)cc2)c2c[nH]nc2-c2ccco2)C1. The first-order valence-electron chi connectivity index (χ1n) is 11.0. The summed E-state index contributed by atoms with van der Waals surface area (Å²) >= 11 is 0. The van der Waals surface area contributed by atoms with Gasteiger partial charge in [0.1, 0.15) is 11.5 Å². The number of benzene rings is 2. The van der Waals surface area contributed by atoms with E-state index >= 15 is 0 Å². The lowest BCUT2D eigenvalue weighted by Gasteiger charge is -2.21. The van der Waals surface area contributed by atoms with Crippen molar-refractivity contribution in [2.24, 2.45) is 0 Å². The Labute approximate surface area is 187 Å². The fraction of sp³-hybridized carbons (Fsp3) is 0.269. The molecule has 2 atom stereocenters. The van der Waals surface area contributed by atoms with E-state index in [9.17, 15) is 4.39 Å². The van der Waals surface area contributed by atoms with Gasteiger partial charge in [-0.2, -0.15) is 5.10 Å². The Kier molecular flexibility index (Phi) is 5.88. The average molecular weight is 431 g/mol.